The smallest absolute Gasteiger partial charge is 0.266 e. The first-order chi connectivity index (χ1) is 21.6. The van der Waals surface area contributed by atoms with Gasteiger partial charge in [-0.2, -0.15) is 0 Å². The molecule has 1 atom stereocenters. The Morgan fingerprint density at radius 2 is 1.69 bits per heavy atom. The Labute approximate surface area is 285 Å². The molecule has 4 aromatic carbocycles. The first-order valence-electron chi connectivity index (χ1n) is 13.7. The van der Waals surface area contributed by atoms with Gasteiger partial charge in [0.15, 0.2) is 11.5 Å². The summed E-state index contributed by atoms with van der Waals surface area (Å²) in [5.74, 6) is 0.995. The van der Waals surface area contributed by atoms with E-state index in [1.807, 2.05) is 48.5 Å². The number of nitrogens with zero attached hydrogens (tertiary/aromatic N) is 1. The van der Waals surface area contributed by atoms with Crippen LogP contribution >= 0.6 is 58.8 Å². The second-order valence-electron chi connectivity index (χ2n) is 9.88. The van der Waals surface area contributed by atoms with Crippen LogP contribution in [0.2, 0.25) is 0 Å². The number of methoxy groups -OCH3 is 2. The lowest BCUT2D eigenvalue weighted by atomic mass is 10.0. The number of ether oxygens (including phenoxy) is 3. The molecule has 4 aromatic rings. The van der Waals surface area contributed by atoms with E-state index in [2.05, 4.69) is 5.32 Å². The Kier molecular flexibility index (Phi) is 10.5. The quantitative estimate of drug-likeness (QED) is 0.0783. The van der Waals surface area contributed by atoms with Crippen molar-refractivity contribution in [2.75, 3.05) is 20.8 Å². The monoisotopic (exact) mass is 700 g/mol. The number of rotatable bonds is 10. The van der Waals surface area contributed by atoms with Crippen molar-refractivity contribution in [3.63, 3.8) is 0 Å². The van der Waals surface area contributed by atoms with Crippen LogP contribution in [0.5, 0.6) is 17.2 Å². The fourth-order valence-electron chi connectivity index (χ4n) is 4.70. The number of thiocarbonyl (C=S) groups is 1. The van der Waals surface area contributed by atoms with Gasteiger partial charge in [-0.3, -0.25) is 14.5 Å². The topological polar surface area (TPSA) is 77.1 Å². The highest BCUT2D eigenvalue weighted by Crippen LogP contribution is 2.35. The molecule has 1 fully saturated rings. The van der Waals surface area contributed by atoms with Crippen molar-refractivity contribution in [3.8, 4) is 17.2 Å². The lowest BCUT2D eigenvalue weighted by molar-refractivity contribution is -0.122. The Bertz CT molecular complexity index is 1770. The number of hydrogen-bond acceptors (Lipinski definition) is 7. The van der Waals surface area contributed by atoms with Crippen molar-refractivity contribution in [2.45, 2.75) is 16.4 Å². The number of halogens is 3. The molecule has 1 N–H and O–H groups in total. The van der Waals surface area contributed by atoms with Crippen LogP contribution in [0.3, 0.4) is 0 Å². The fourth-order valence-corrected chi connectivity index (χ4v) is 6.30. The summed E-state index contributed by atoms with van der Waals surface area (Å²) in [6, 6.07) is 25.4. The van der Waals surface area contributed by atoms with E-state index in [1.54, 1.807) is 61.6 Å². The van der Waals surface area contributed by atoms with Crippen molar-refractivity contribution in [3.05, 3.63) is 107 Å². The van der Waals surface area contributed by atoms with Crippen molar-refractivity contribution >= 4 is 91.8 Å². The van der Waals surface area contributed by atoms with Crippen LogP contribution in [0.1, 0.15) is 21.5 Å². The zero-order valence-electron chi connectivity index (χ0n) is 24.1. The third-order valence-corrected chi connectivity index (χ3v) is 8.94. The molecule has 7 nitrogen and oxygen atoms in total. The van der Waals surface area contributed by atoms with Crippen LogP contribution < -0.4 is 19.5 Å². The number of alkyl halides is 3. The van der Waals surface area contributed by atoms with Gasteiger partial charge in [0.25, 0.3) is 11.8 Å². The van der Waals surface area contributed by atoms with Crippen molar-refractivity contribution in [1.82, 2.24) is 10.2 Å². The van der Waals surface area contributed by atoms with E-state index in [-0.39, 0.29) is 5.91 Å². The zero-order valence-corrected chi connectivity index (χ0v) is 28.0. The number of amides is 2. The lowest BCUT2D eigenvalue weighted by Crippen LogP contribution is -2.47. The molecule has 12 heteroatoms. The van der Waals surface area contributed by atoms with Gasteiger partial charge in [-0.15, -0.1) is 0 Å². The minimum atomic E-state index is -1.97. The lowest BCUT2D eigenvalue weighted by Gasteiger charge is -2.26. The number of carbonyl (C=O) groups is 2. The molecular weight excluding hydrogens is 675 g/mol. The van der Waals surface area contributed by atoms with Gasteiger partial charge in [0.1, 0.15) is 10.1 Å². The number of fused-ring (bicyclic) bond motifs is 1. The highest BCUT2D eigenvalue weighted by Gasteiger charge is 2.37. The standard InChI is InChI=1S/C33H27Cl3N2O5S2/c1-41-26-15-12-21(18-27(26)42-2)16-17-38-30(40)28(45-32(38)44)19-20-10-13-23(14-11-20)43-31(33(34,35)36)37-29(39)25-9-5-7-22-6-3-4-8-24(22)25/h3-15,18-19,31H,16-17H2,1-2H3,(H,37,39)/b28-19-/t31-/m0/s1. The molecule has 0 aliphatic carbocycles. The molecule has 1 aliphatic heterocycles. The Morgan fingerprint density at radius 1 is 0.978 bits per heavy atom. The Hall–Kier alpha value is -3.47. The molecule has 1 heterocycles. The SMILES string of the molecule is COc1ccc(CCN2C(=O)/C(=C/c3ccc(O[C@H](NC(=O)c4cccc5ccccc45)C(Cl)(Cl)Cl)cc3)SC2=S)cc1OC. The van der Waals surface area contributed by atoms with Gasteiger partial charge in [0, 0.05) is 12.1 Å². The van der Waals surface area contributed by atoms with E-state index in [0.717, 1.165) is 21.9 Å². The predicted molar refractivity (Wildman–Crippen MR) is 186 cm³/mol. The van der Waals surface area contributed by atoms with Gasteiger partial charge in [0.2, 0.25) is 10.0 Å². The summed E-state index contributed by atoms with van der Waals surface area (Å²) in [4.78, 5) is 28.5. The van der Waals surface area contributed by atoms with E-state index >= 15 is 0 Å². The Morgan fingerprint density at radius 3 is 2.40 bits per heavy atom. The number of nitrogens with one attached hydrogen (secondary N) is 1. The summed E-state index contributed by atoms with van der Waals surface area (Å²) in [6.45, 7) is 0.424. The zero-order chi connectivity index (χ0) is 32.1. The molecule has 1 aliphatic rings. The van der Waals surface area contributed by atoms with Crippen LogP contribution in [0, 0.1) is 0 Å². The molecule has 0 radical (unpaired) electrons. The average molecular weight is 702 g/mol. The molecule has 0 bridgehead atoms. The summed E-state index contributed by atoms with van der Waals surface area (Å²) in [7, 11) is 3.16. The third kappa shape index (κ3) is 7.85. The van der Waals surface area contributed by atoms with Crippen LogP contribution in [0.15, 0.2) is 89.8 Å². The van der Waals surface area contributed by atoms with E-state index in [1.165, 1.54) is 11.8 Å². The maximum atomic E-state index is 13.2. The molecule has 5 rings (SSSR count). The predicted octanol–water partition coefficient (Wildman–Crippen LogP) is 7.81. The third-order valence-electron chi connectivity index (χ3n) is 6.97. The Balaban J connectivity index is 1.24. The van der Waals surface area contributed by atoms with Gasteiger partial charge < -0.3 is 19.5 Å². The summed E-state index contributed by atoms with van der Waals surface area (Å²) in [5, 5.41) is 4.35. The maximum absolute atomic E-state index is 13.2. The molecule has 0 aromatic heterocycles. The highest BCUT2D eigenvalue weighted by molar-refractivity contribution is 8.26. The van der Waals surface area contributed by atoms with E-state index in [9.17, 15) is 9.59 Å². The van der Waals surface area contributed by atoms with Crippen molar-refractivity contribution in [1.29, 1.82) is 0 Å². The number of hydrogen-bond donors (Lipinski definition) is 1. The summed E-state index contributed by atoms with van der Waals surface area (Å²) < 4.78 is 15.1. The molecule has 0 unspecified atom stereocenters. The van der Waals surface area contributed by atoms with E-state index in [4.69, 9.17) is 61.2 Å². The summed E-state index contributed by atoms with van der Waals surface area (Å²) >= 11 is 25.3. The van der Waals surface area contributed by atoms with Crippen LogP contribution in [0.25, 0.3) is 16.8 Å². The maximum Gasteiger partial charge on any atom is 0.266 e. The van der Waals surface area contributed by atoms with Crippen LogP contribution in [-0.2, 0) is 11.2 Å². The minimum absolute atomic E-state index is 0.168. The largest absolute Gasteiger partial charge is 0.493 e. The fraction of sp³-hybridized carbons (Fsp3) is 0.182. The molecular formula is C33H27Cl3N2O5S2. The van der Waals surface area contributed by atoms with Gasteiger partial charge in [0.05, 0.1) is 19.1 Å². The first kappa shape index (κ1) is 32.9. The molecule has 232 valence electrons. The van der Waals surface area contributed by atoms with Gasteiger partial charge in [-0.25, -0.2) is 0 Å². The van der Waals surface area contributed by atoms with Gasteiger partial charge in [-0.05, 0) is 64.7 Å². The van der Waals surface area contributed by atoms with E-state index < -0.39 is 15.9 Å². The average Bonchev–Trinajstić information content (AvgIpc) is 3.30. The summed E-state index contributed by atoms with van der Waals surface area (Å²) in [5.41, 5.74) is 2.16. The van der Waals surface area contributed by atoms with Gasteiger partial charge >= 0.3 is 0 Å². The van der Waals surface area contributed by atoms with Gasteiger partial charge in [-0.1, -0.05) is 113 Å². The molecule has 0 saturated carbocycles. The molecule has 0 spiro atoms. The van der Waals surface area contributed by atoms with Crippen LogP contribution in [0.4, 0.5) is 0 Å². The van der Waals surface area contributed by atoms with E-state index in [0.29, 0.717) is 45.0 Å². The number of thioether (sulfide) groups is 1. The molecule has 2 amide bonds. The molecule has 45 heavy (non-hydrogen) atoms. The number of carbonyl (C=O) groups excluding carboxylic acids is 2. The minimum Gasteiger partial charge on any atom is -0.493 e. The van der Waals surface area contributed by atoms with Crippen LogP contribution in [-0.4, -0.2) is 51.8 Å². The van der Waals surface area contributed by atoms with Crippen molar-refractivity contribution in [2.24, 2.45) is 0 Å². The molecule has 1 saturated heterocycles. The van der Waals surface area contributed by atoms with Crippen molar-refractivity contribution < 1.29 is 23.8 Å². The summed E-state index contributed by atoms with van der Waals surface area (Å²) in [6.07, 6.45) is 1.06. The number of benzene rings is 4. The highest BCUT2D eigenvalue weighted by atomic mass is 35.6. The second-order valence-corrected chi connectivity index (χ2v) is 13.9. The normalized spacial score (nSPS) is 15.0. The second kappa shape index (κ2) is 14.3. The first-order valence-corrected chi connectivity index (χ1v) is 16.0.